The van der Waals surface area contributed by atoms with Crippen LogP contribution in [0.25, 0.3) is 10.9 Å². The number of benzene rings is 1. The van der Waals surface area contributed by atoms with Crippen molar-refractivity contribution in [3.63, 3.8) is 0 Å². The number of hydrogen-bond donors (Lipinski definition) is 3. The van der Waals surface area contributed by atoms with Gasteiger partial charge in [0.15, 0.2) is 0 Å². The van der Waals surface area contributed by atoms with E-state index in [1.807, 2.05) is 18.2 Å². The maximum absolute atomic E-state index is 12.1. The first-order valence-corrected chi connectivity index (χ1v) is 6.66. The maximum atomic E-state index is 12.1. The van der Waals surface area contributed by atoms with Gasteiger partial charge in [-0.2, -0.15) is 0 Å². The lowest BCUT2D eigenvalue weighted by atomic mass is 10.1. The second-order valence-corrected chi connectivity index (χ2v) is 4.88. The molecule has 20 heavy (non-hydrogen) atoms. The van der Waals surface area contributed by atoms with Crippen LogP contribution >= 0.6 is 0 Å². The molecule has 2 rings (SSSR count). The molecule has 0 aliphatic carbocycles. The van der Waals surface area contributed by atoms with E-state index in [2.05, 4.69) is 10.3 Å². The predicted octanol–water partition coefficient (Wildman–Crippen LogP) is 2.40. The molecule has 0 aliphatic rings. The topological polar surface area (TPSA) is 82.2 Å². The van der Waals surface area contributed by atoms with Crippen molar-refractivity contribution in [2.75, 3.05) is 6.54 Å². The molecule has 1 heterocycles. The average molecular weight is 274 g/mol. The third-order valence-electron chi connectivity index (χ3n) is 3.36. The van der Waals surface area contributed by atoms with Gasteiger partial charge in [-0.1, -0.05) is 13.0 Å². The number of aromatic nitrogens is 1. The molecule has 1 aromatic heterocycles. The highest BCUT2D eigenvalue weighted by molar-refractivity contribution is 6.06. The van der Waals surface area contributed by atoms with E-state index >= 15 is 0 Å². The number of carboxylic acid groups (broad SMARTS) is 1. The first kappa shape index (κ1) is 14.1. The van der Waals surface area contributed by atoms with Gasteiger partial charge in [0.2, 0.25) is 0 Å². The Balaban J connectivity index is 1.89. The molecule has 5 nitrogen and oxygen atoms in total. The molecule has 0 spiro atoms. The molecule has 5 heteroatoms. The van der Waals surface area contributed by atoms with E-state index in [4.69, 9.17) is 5.11 Å². The summed E-state index contributed by atoms with van der Waals surface area (Å²) in [6.07, 6.45) is 3.02. The number of carbonyl (C=O) groups is 2. The monoisotopic (exact) mass is 274 g/mol. The van der Waals surface area contributed by atoms with Crippen molar-refractivity contribution in [3.8, 4) is 0 Å². The van der Waals surface area contributed by atoms with Gasteiger partial charge in [-0.15, -0.1) is 0 Å². The maximum Gasteiger partial charge on any atom is 0.306 e. The van der Waals surface area contributed by atoms with Gasteiger partial charge in [-0.3, -0.25) is 9.59 Å². The molecule has 0 radical (unpaired) electrons. The van der Waals surface area contributed by atoms with E-state index in [0.717, 1.165) is 10.9 Å². The molecule has 3 N–H and O–H groups in total. The van der Waals surface area contributed by atoms with Crippen molar-refractivity contribution in [3.05, 3.63) is 36.0 Å². The van der Waals surface area contributed by atoms with Gasteiger partial charge in [-0.25, -0.2) is 0 Å². The molecule has 1 unspecified atom stereocenters. The van der Waals surface area contributed by atoms with E-state index in [-0.39, 0.29) is 11.8 Å². The zero-order valence-electron chi connectivity index (χ0n) is 11.3. The minimum Gasteiger partial charge on any atom is -0.481 e. The largest absolute Gasteiger partial charge is 0.481 e. The number of carboxylic acids is 1. The van der Waals surface area contributed by atoms with Crippen LogP contribution in [0.3, 0.4) is 0 Å². The molecule has 106 valence electrons. The molecule has 0 saturated heterocycles. The number of amides is 1. The Morgan fingerprint density at radius 2 is 2.15 bits per heavy atom. The number of rotatable bonds is 6. The van der Waals surface area contributed by atoms with Gasteiger partial charge < -0.3 is 15.4 Å². The molecule has 1 amide bonds. The minimum atomic E-state index is -0.798. The molecular formula is C15H18N2O3. The smallest absolute Gasteiger partial charge is 0.306 e. The van der Waals surface area contributed by atoms with Crippen LogP contribution in [0, 0.1) is 5.92 Å². The third-order valence-corrected chi connectivity index (χ3v) is 3.36. The van der Waals surface area contributed by atoms with Crippen LogP contribution in [0.5, 0.6) is 0 Å². The summed E-state index contributed by atoms with van der Waals surface area (Å²) in [5.41, 5.74) is 1.56. The summed E-state index contributed by atoms with van der Waals surface area (Å²) in [5.74, 6) is -1.30. The Morgan fingerprint density at radius 3 is 2.90 bits per heavy atom. The summed E-state index contributed by atoms with van der Waals surface area (Å²) in [5, 5.41) is 12.5. The predicted molar refractivity (Wildman–Crippen MR) is 76.7 cm³/mol. The quantitative estimate of drug-likeness (QED) is 0.707. The number of fused-ring (bicyclic) bond motifs is 1. The number of aromatic amines is 1. The molecule has 0 bridgehead atoms. The Morgan fingerprint density at radius 1 is 1.35 bits per heavy atom. The molecule has 1 aromatic carbocycles. The van der Waals surface area contributed by atoms with Gasteiger partial charge in [0, 0.05) is 29.2 Å². The lowest BCUT2D eigenvalue weighted by molar-refractivity contribution is -0.141. The van der Waals surface area contributed by atoms with Crippen LogP contribution in [0.15, 0.2) is 30.5 Å². The lowest BCUT2D eigenvalue weighted by Crippen LogP contribution is -2.25. The Hall–Kier alpha value is -2.30. The first-order valence-electron chi connectivity index (χ1n) is 6.66. The van der Waals surface area contributed by atoms with Crippen LogP contribution in [-0.2, 0) is 4.79 Å². The molecular weight excluding hydrogens is 256 g/mol. The molecule has 0 aliphatic heterocycles. The summed E-state index contributed by atoms with van der Waals surface area (Å²) >= 11 is 0. The van der Waals surface area contributed by atoms with Crippen molar-refractivity contribution < 1.29 is 14.7 Å². The van der Waals surface area contributed by atoms with E-state index in [1.165, 1.54) is 0 Å². The van der Waals surface area contributed by atoms with Gasteiger partial charge in [-0.05, 0) is 31.0 Å². The standard InChI is InChI=1S/C15H18N2O3/c1-10(15(19)20)4-3-8-17-14(18)12-5-2-6-13-11(12)7-9-16-13/h2,5-7,9-10,16H,3-4,8H2,1H3,(H,17,18)(H,19,20). The number of H-pyrrole nitrogens is 1. The van der Waals surface area contributed by atoms with Crippen molar-refractivity contribution in [1.29, 1.82) is 0 Å². The van der Waals surface area contributed by atoms with Crippen LogP contribution in [0.4, 0.5) is 0 Å². The zero-order chi connectivity index (χ0) is 14.5. The van der Waals surface area contributed by atoms with Gasteiger partial charge in [0.05, 0.1) is 5.92 Å². The summed E-state index contributed by atoms with van der Waals surface area (Å²) in [4.78, 5) is 25.8. The number of aliphatic carboxylic acids is 1. The first-order chi connectivity index (χ1) is 9.59. The van der Waals surface area contributed by atoms with E-state index < -0.39 is 5.97 Å². The molecule has 0 saturated carbocycles. The number of nitrogens with one attached hydrogen (secondary N) is 2. The van der Waals surface area contributed by atoms with Crippen LogP contribution in [0.2, 0.25) is 0 Å². The summed E-state index contributed by atoms with van der Waals surface area (Å²) in [7, 11) is 0. The van der Waals surface area contributed by atoms with Crippen molar-refractivity contribution in [2.45, 2.75) is 19.8 Å². The number of carbonyl (C=O) groups excluding carboxylic acids is 1. The normalized spacial score (nSPS) is 12.2. The second kappa shape index (κ2) is 6.23. The lowest BCUT2D eigenvalue weighted by Gasteiger charge is -2.08. The highest BCUT2D eigenvalue weighted by Gasteiger charge is 2.12. The van der Waals surface area contributed by atoms with Crippen LogP contribution < -0.4 is 5.32 Å². The fourth-order valence-electron chi connectivity index (χ4n) is 2.11. The minimum absolute atomic E-state index is 0.127. The Kier molecular flexibility index (Phi) is 4.40. The van der Waals surface area contributed by atoms with Gasteiger partial charge >= 0.3 is 5.97 Å². The number of hydrogen-bond acceptors (Lipinski definition) is 2. The van der Waals surface area contributed by atoms with E-state index in [0.29, 0.717) is 24.9 Å². The Labute approximate surface area is 117 Å². The van der Waals surface area contributed by atoms with E-state index in [1.54, 1.807) is 19.2 Å². The highest BCUT2D eigenvalue weighted by Crippen LogP contribution is 2.17. The Bertz CT molecular complexity index is 618. The highest BCUT2D eigenvalue weighted by atomic mass is 16.4. The molecule has 0 fully saturated rings. The van der Waals surface area contributed by atoms with E-state index in [9.17, 15) is 9.59 Å². The van der Waals surface area contributed by atoms with Crippen molar-refractivity contribution >= 4 is 22.8 Å². The third kappa shape index (κ3) is 3.17. The van der Waals surface area contributed by atoms with Gasteiger partial charge in [0.1, 0.15) is 0 Å². The zero-order valence-corrected chi connectivity index (χ0v) is 11.3. The van der Waals surface area contributed by atoms with Crippen LogP contribution in [0.1, 0.15) is 30.1 Å². The summed E-state index contributed by atoms with van der Waals surface area (Å²) in [6.45, 7) is 2.15. The second-order valence-electron chi connectivity index (χ2n) is 4.88. The summed E-state index contributed by atoms with van der Waals surface area (Å²) in [6, 6.07) is 7.41. The van der Waals surface area contributed by atoms with Crippen molar-refractivity contribution in [1.82, 2.24) is 10.3 Å². The molecule has 2 aromatic rings. The average Bonchev–Trinajstić information content (AvgIpc) is 2.90. The fourth-order valence-corrected chi connectivity index (χ4v) is 2.11. The SMILES string of the molecule is CC(CCCNC(=O)c1cccc2[nH]ccc12)C(=O)O. The molecule has 1 atom stereocenters. The van der Waals surface area contributed by atoms with Gasteiger partial charge in [0.25, 0.3) is 5.91 Å². The van der Waals surface area contributed by atoms with Crippen LogP contribution in [-0.4, -0.2) is 28.5 Å². The fraction of sp³-hybridized carbons (Fsp3) is 0.333. The summed E-state index contributed by atoms with van der Waals surface area (Å²) < 4.78 is 0. The van der Waals surface area contributed by atoms with Crippen molar-refractivity contribution in [2.24, 2.45) is 5.92 Å².